The number of aliphatic hydroxyl groups is 2. The van der Waals surface area contributed by atoms with E-state index in [1.54, 1.807) is 0 Å². The quantitative estimate of drug-likeness (QED) is 0.460. The number of nitrogens with zero attached hydrogens (tertiary/aromatic N) is 1. The van der Waals surface area contributed by atoms with Gasteiger partial charge >= 0.3 is 0 Å². The first-order valence-electron chi connectivity index (χ1n) is 7.26. The second-order valence-electron chi connectivity index (χ2n) is 5.46. The summed E-state index contributed by atoms with van der Waals surface area (Å²) in [6.45, 7) is 11.3. The van der Waals surface area contributed by atoms with Gasteiger partial charge in [-0.25, -0.2) is 0 Å². The molecule has 0 aromatic heterocycles. The van der Waals surface area contributed by atoms with E-state index in [2.05, 4.69) is 31.0 Å². The molecule has 0 aliphatic carbocycles. The van der Waals surface area contributed by atoms with E-state index in [0.29, 0.717) is 13.1 Å². The van der Waals surface area contributed by atoms with Crippen molar-refractivity contribution < 1.29 is 10.2 Å². The van der Waals surface area contributed by atoms with Crippen molar-refractivity contribution in [1.82, 2.24) is 10.2 Å². The first-order valence-corrected chi connectivity index (χ1v) is 7.26. The van der Waals surface area contributed by atoms with Crippen molar-refractivity contribution in [3.05, 3.63) is 0 Å². The van der Waals surface area contributed by atoms with Gasteiger partial charge in [0.25, 0.3) is 0 Å². The van der Waals surface area contributed by atoms with Crippen molar-refractivity contribution in [2.75, 3.05) is 45.9 Å². The number of nitrogens with one attached hydrogen (secondary N) is 1. The van der Waals surface area contributed by atoms with Crippen LogP contribution < -0.4 is 5.32 Å². The minimum atomic E-state index is 0.157. The average Bonchev–Trinajstić information content (AvgIpc) is 2.30. The lowest BCUT2D eigenvalue weighted by molar-refractivity contribution is 0.106. The first kappa shape index (κ1) is 17.8. The van der Waals surface area contributed by atoms with Crippen LogP contribution in [0.1, 0.15) is 40.0 Å². The van der Waals surface area contributed by atoms with Crippen LogP contribution in [0, 0.1) is 5.41 Å². The molecule has 0 spiro atoms. The van der Waals surface area contributed by atoms with Crippen molar-refractivity contribution in [2.45, 2.75) is 40.0 Å². The maximum Gasteiger partial charge on any atom is 0.0558 e. The number of hydrogen-bond acceptors (Lipinski definition) is 4. The third kappa shape index (κ3) is 8.03. The summed E-state index contributed by atoms with van der Waals surface area (Å²) in [7, 11) is 0. The Labute approximate surface area is 112 Å². The third-order valence-corrected chi connectivity index (χ3v) is 3.27. The van der Waals surface area contributed by atoms with Gasteiger partial charge in [-0.05, 0) is 24.8 Å². The molecule has 4 nitrogen and oxygen atoms in total. The number of hydrogen-bond donors (Lipinski definition) is 3. The molecule has 0 saturated heterocycles. The van der Waals surface area contributed by atoms with Gasteiger partial charge in [-0.1, -0.05) is 27.2 Å². The summed E-state index contributed by atoms with van der Waals surface area (Å²) in [6, 6.07) is 0. The van der Waals surface area contributed by atoms with Gasteiger partial charge in [-0.2, -0.15) is 0 Å². The van der Waals surface area contributed by atoms with E-state index in [1.165, 1.54) is 0 Å². The lowest BCUT2D eigenvalue weighted by atomic mass is 9.84. The summed E-state index contributed by atoms with van der Waals surface area (Å²) in [5, 5.41) is 21.6. The zero-order valence-electron chi connectivity index (χ0n) is 12.4. The second kappa shape index (κ2) is 10.7. The Hall–Kier alpha value is -0.160. The zero-order chi connectivity index (χ0) is 13.9. The highest BCUT2D eigenvalue weighted by Gasteiger charge is 2.25. The molecule has 110 valence electrons. The van der Waals surface area contributed by atoms with Crippen molar-refractivity contribution in [1.29, 1.82) is 0 Å². The van der Waals surface area contributed by atoms with Crippen LogP contribution in [0.25, 0.3) is 0 Å². The van der Waals surface area contributed by atoms with E-state index in [1.807, 2.05) is 0 Å². The SMILES string of the molecule is CCCNCC(C)(CCC)CN(CCO)CCO. The standard InChI is InChI=1S/C14H32N2O2/c1-4-6-14(3,12-15-7-5-2)13-16(8-10-17)9-11-18/h15,17-18H,4-13H2,1-3H3. The molecule has 0 rings (SSSR count). The van der Waals surface area contributed by atoms with Gasteiger partial charge < -0.3 is 15.5 Å². The molecule has 4 heteroatoms. The molecule has 3 N–H and O–H groups in total. The van der Waals surface area contributed by atoms with E-state index < -0.39 is 0 Å². The van der Waals surface area contributed by atoms with Crippen LogP contribution in [0.2, 0.25) is 0 Å². The summed E-state index contributed by atoms with van der Waals surface area (Å²) in [5.74, 6) is 0. The number of rotatable bonds is 12. The maximum absolute atomic E-state index is 9.07. The zero-order valence-corrected chi connectivity index (χ0v) is 12.4. The van der Waals surface area contributed by atoms with Crippen molar-refractivity contribution >= 4 is 0 Å². The average molecular weight is 260 g/mol. The summed E-state index contributed by atoms with van der Waals surface area (Å²) in [4.78, 5) is 2.16. The van der Waals surface area contributed by atoms with Gasteiger partial charge in [0.2, 0.25) is 0 Å². The molecule has 0 bridgehead atoms. The smallest absolute Gasteiger partial charge is 0.0558 e. The van der Waals surface area contributed by atoms with E-state index >= 15 is 0 Å². The Morgan fingerprint density at radius 1 is 1.06 bits per heavy atom. The van der Waals surface area contributed by atoms with Gasteiger partial charge in [0, 0.05) is 26.2 Å². The van der Waals surface area contributed by atoms with E-state index in [-0.39, 0.29) is 18.6 Å². The Kier molecular flexibility index (Phi) is 10.6. The minimum absolute atomic E-state index is 0.157. The van der Waals surface area contributed by atoms with Gasteiger partial charge in [-0.3, -0.25) is 4.90 Å². The molecule has 0 aliphatic rings. The highest BCUT2D eigenvalue weighted by atomic mass is 16.3. The molecular weight excluding hydrogens is 228 g/mol. The van der Waals surface area contributed by atoms with Crippen LogP contribution in [0.15, 0.2) is 0 Å². The summed E-state index contributed by atoms with van der Waals surface area (Å²) in [5.41, 5.74) is 0.217. The van der Waals surface area contributed by atoms with Crippen LogP contribution in [0.3, 0.4) is 0 Å². The highest BCUT2D eigenvalue weighted by molar-refractivity contribution is 4.80. The molecule has 0 radical (unpaired) electrons. The lowest BCUT2D eigenvalue weighted by Gasteiger charge is -2.35. The highest BCUT2D eigenvalue weighted by Crippen LogP contribution is 2.23. The monoisotopic (exact) mass is 260 g/mol. The Bertz CT molecular complexity index is 185. The van der Waals surface area contributed by atoms with Crippen molar-refractivity contribution in [3.8, 4) is 0 Å². The van der Waals surface area contributed by atoms with Crippen LogP contribution in [-0.2, 0) is 0 Å². The van der Waals surface area contributed by atoms with Gasteiger partial charge in [0.15, 0.2) is 0 Å². The molecular formula is C14H32N2O2. The van der Waals surface area contributed by atoms with E-state index in [9.17, 15) is 0 Å². The molecule has 0 aliphatic heterocycles. The molecule has 0 saturated carbocycles. The molecule has 0 aromatic carbocycles. The van der Waals surface area contributed by atoms with Gasteiger partial charge in [-0.15, -0.1) is 0 Å². The molecule has 1 unspecified atom stereocenters. The third-order valence-electron chi connectivity index (χ3n) is 3.27. The molecule has 18 heavy (non-hydrogen) atoms. The Balaban J connectivity index is 4.33. The molecule has 0 amide bonds. The maximum atomic E-state index is 9.07. The second-order valence-corrected chi connectivity index (χ2v) is 5.46. The Morgan fingerprint density at radius 3 is 2.11 bits per heavy atom. The minimum Gasteiger partial charge on any atom is -0.395 e. The molecule has 0 heterocycles. The van der Waals surface area contributed by atoms with Crippen LogP contribution in [-0.4, -0.2) is 61.1 Å². The Morgan fingerprint density at radius 2 is 1.67 bits per heavy atom. The van der Waals surface area contributed by atoms with E-state index in [0.717, 1.165) is 38.9 Å². The van der Waals surface area contributed by atoms with Gasteiger partial charge in [0.1, 0.15) is 0 Å². The van der Waals surface area contributed by atoms with Crippen LogP contribution >= 0.6 is 0 Å². The lowest BCUT2D eigenvalue weighted by Crippen LogP contribution is -2.44. The van der Waals surface area contributed by atoms with E-state index in [4.69, 9.17) is 10.2 Å². The first-order chi connectivity index (χ1) is 8.61. The number of aliphatic hydroxyl groups excluding tert-OH is 2. The van der Waals surface area contributed by atoms with Crippen LogP contribution in [0.5, 0.6) is 0 Å². The molecule has 0 aromatic rings. The van der Waals surface area contributed by atoms with Gasteiger partial charge in [0.05, 0.1) is 13.2 Å². The predicted molar refractivity (Wildman–Crippen MR) is 76.8 cm³/mol. The largest absolute Gasteiger partial charge is 0.395 e. The van der Waals surface area contributed by atoms with Crippen molar-refractivity contribution in [3.63, 3.8) is 0 Å². The fourth-order valence-electron chi connectivity index (χ4n) is 2.49. The summed E-state index contributed by atoms with van der Waals surface area (Å²) >= 11 is 0. The fraction of sp³-hybridized carbons (Fsp3) is 1.00. The topological polar surface area (TPSA) is 55.7 Å². The fourth-order valence-corrected chi connectivity index (χ4v) is 2.49. The summed E-state index contributed by atoms with van der Waals surface area (Å²) in [6.07, 6.45) is 3.48. The van der Waals surface area contributed by atoms with Crippen molar-refractivity contribution in [2.24, 2.45) is 5.41 Å². The van der Waals surface area contributed by atoms with Crippen LogP contribution in [0.4, 0.5) is 0 Å². The summed E-state index contributed by atoms with van der Waals surface area (Å²) < 4.78 is 0. The normalized spacial score (nSPS) is 15.0. The molecule has 1 atom stereocenters. The molecule has 0 fully saturated rings. The predicted octanol–water partition coefficient (Wildman–Crippen LogP) is 1.08.